The van der Waals surface area contributed by atoms with Crippen molar-refractivity contribution in [3.63, 3.8) is 0 Å². The molecule has 0 atom stereocenters. The van der Waals surface area contributed by atoms with Gasteiger partial charge in [-0.3, -0.25) is 0 Å². The first kappa shape index (κ1) is 9.27. The molecule has 0 radical (unpaired) electrons. The Kier molecular flexibility index (Phi) is 2.65. The van der Waals surface area contributed by atoms with E-state index in [1.165, 1.54) is 6.08 Å². The minimum Gasteiger partial charge on any atom is -0.334 e. The van der Waals surface area contributed by atoms with Gasteiger partial charge in [-0.2, -0.15) is 5.26 Å². The van der Waals surface area contributed by atoms with Crippen LogP contribution in [-0.4, -0.2) is 9.55 Å². The average Bonchev–Trinajstić information content (AvgIpc) is 2.41. The number of nitriles is 1. The number of hydrogen-bond acceptors (Lipinski definition) is 2. The predicted octanol–water partition coefficient (Wildman–Crippen LogP) is 1.82. The molecule has 0 spiro atoms. The lowest BCUT2D eigenvalue weighted by atomic mass is 10.2. The molecule has 0 aliphatic carbocycles. The highest BCUT2D eigenvalue weighted by atomic mass is 15.0. The van der Waals surface area contributed by atoms with Crippen molar-refractivity contribution in [1.29, 1.82) is 5.26 Å². The van der Waals surface area contributed by atoms with Crippen LogP contribution < -0.4 is 0 Å². The molecule has 0 aliphatic rings. The first-order chi connectivity index (χ1) is 6.17. The van der Waals surface area contributed by atoms with Gasteiger partial charge in [0.2, 0.25) is 0 Å². The standard InChI is InChI=1S/C10H11N3/c1-4-9(6-11)5-10-12-8(2)7-13(10)3/h4-5,7H,1H2,2-3H3/b9-5+. The number of aryl methyl sites for hydroxylation is 2. The van der Waals surface area contributed by atoms with Crippen molar-refractivity contribution < 1.29 is 0 Å². The zero-order valence-corrected chi connectivity index (χ0v) is 7.78. The molecule has 0 N–H and O–H groups in total. The summed E-state index contributed by atoms with van der Waals surface area (Å²) in [7, 11) is 1.89. The van der Waals surface area contributed by atoms with Crippen LogP contribution in [0.15, 0.2) is 24.4 Å². The van der Waals surface area contributed by atoms with Crippen LogP contribution in [0.25, 0.3) is 6.08 Å². The fourth-order valence-electron chi connectivity index (χ4n) is 1.04. The first-order valence-electron chi connectivity index (χ1n) is 3.91. The van der Waals surface area contributed by atoms with Gasteiger partial charge in [0.1, 0.15) is 5.82 Å². The maximum atomic E-state index is 8.66. The van der Waals surface area contributed by atoms with Gasteiger partial charge >= 0.3 is 0 Å². The molecule has 66 valence electrons. The number of nitrogens with zero attached hydrogens (tertiary/aromatic N) is 3. The van der Waals surface area contributed by atoms with E-state index in [1.54, 1.807) is 6.08 Å². The van der Waals surface area contributed by atoms with Crippen LogP contribution in [0.4, 0.5) is 0 Å². The minimum absolute atomic E-state index is 0.522. The largest absolute Gasteiger partial charge is 0.334 e. The zero-order chi connectivity index (χ0) is 9.84. The number of allylic oxidation sites excluding steroid dienone is 2. The molecule has 1 aromatic heterocycles. The maximum absolute atomic E-state index is 8.66. The van der Waals surface area contributed by atoms with Crippen molar-refractivity contribution >= 4 is 6.08 Å². The number of aromatic nitrogens is 2. The molecule has 1 rings (SSSR count). The fourth-order valence-corrected chi connectivity index (χ4v) is 1.04. The van der Waals surface area contributed by atoms with Crippen molar-refractivity contribution in [2.45, 2.75) is 6.92 Å². The Labute approximate surface area is 77.6 Å². The Bertz CT molecular complexity index is 391. The third-order valence-electron chi connectivity index (χ3n) is 1.67. The van der Waals surface area contributed by atoms with E-state index in [0.717, 1.165) is 11.5 Å². The summed E-state index contributed by atoms with van der Waals surface area (Å²) in [6, 6.07) is 2.03. The van der Waals surface area contributed by atoms with Gasteiger partial charge in [0.15, 0.2) is 0 Å². The lowest BCUT2D eigenvalue weighted by molar-refractivity contribution is 0.897. The molecule has 1 aromatic rings. The number of hydrogen-bond donors (Lipinski definition) is 0. The van der Waals surface area contributed by atoms with E-state index in [2.05, 4.69) is 11.6 Å². The van der Waals surface area contributed by atoms with Gasteiger partial charge in [0, 0.05) is 13.2 Å². The highest BCUT2D eigenvalue weighted by molar-refractivity contribution is 5.56. The third kappa shape index (κ3) is 2.06. The predicted molar refractivity (Wildman–Crippen MR) is 51.7 cm³/mol. The monoisotopic (exact) mass is 173 g/mol. The Morgan fingerprint density at radius 1 is 1.77 bits per heavy atom. The fraction of sp³-hybridized carbons (Fsp3) is 0.200. The normalized spacial score (nSPS) is 11.0. The van der Waals surface area contributed by atoms with Gasteiger partial charge in [-0.05, 0) is 13.0 Å². The Morgan fingerprint density at radius 2 is 2.46 bits per heavy atom. The smallest absolute Gasteiger partial charge is 0.133 e. The van der Waals surface area contributed by atoms with Crippen molar-refractivity contribution in [2.24, 2.45) is 7.05 Å². The second-order valence-electron chi connectivity index (χ2n) is 2.77. The molecule has 0 fully saturated rings. The number of imidazole rings is 1. The summed E-state index contributed by atoms with van der Waals surface area (Å²) in [6.45, 7) is 5.45. The SMILES string of the molecule is C=C/C(C#N)=C\c1nc(C)cn1C. The van der Waals surface area contributed by atoms with Gasteiger partial charge in [0.25, 0.3) is 0 Å². The molecular weight excluding hydrogens is 162 g/mol. The van der Waals surface area contributed by atoms with E-state index in [0.29, 0.717) is 5.57 Å². The van der Waals surface area contributed by atoms with Crippen LogP contribution in [0, 0.1) is 18.3 Å². The van der Waals surface area contributed by atoms with Crippen molar-refractivity contribution in [3.8, 4) is 6.07 Å². The van der Waals surface area contributed by atoms with Crippen molar-refractivity contribution in [2.75, 3.05) is 0 Å². The van der Waals surface area contributed by atoms with E-state index in [4.69, 9.17) is 5.26 Å². The minimum atomic E-state index is 0.522. The summed E-state index contributed by atoms with van der Waals surface area (Å²) < 4.78 is 1.87. The Morgan fingerprint density at radius 3 is 2.85 bits per heavy atom. The van der Waals surface area contributed by atoms with Crippen LogP contribution in [0.3, 0.4) is 0 Å². The van der Waals surface area contributed by atoms with E-state index in [1.807, 2.05) is 30.8 Å². The maximum Gasteiger partial charge on any atom is 0.133 e. The van der Waals surface area contributed by atoms with Crippen LogP contribution >= 0.6 is 0 Å². The van der Waals surface area contributed by atoms with E-state index in [9.17, 15) is 0 Å². The summed E-state index contributed by atoms with van der Waals surface area (Å²) in [6.07, 6.45) is 5.13. The first-order valence-corrected chi connectivity index (χ1v) is 3.91. The quantitative estimate of drug-likeness (QED) is 0.505. The van der Waals surface area contributed by atoms with Gasteiger partial charge in [-0.15, -0.1) is 0 Å². The average molecular weight is 173 g/mol. The molecule has 0 bridgehead atoms. The van der Waals surface area contributed by atoms with Crippen molar-refractivity contribution in [1.82, 2.24) is 9.55 Å². The van der Waals surface area contributed by atoms with E-state index >= 15 is 0 Å². The zero-order valence-electron chi connectivity index (χ0n) is 7.78. The summed E-state index contributed by atoms with van der Waals surface area (Å²) in [5.74, 6) is 0.772. The highest BCUT2D eigenvalue weighted by Gasteiger charge is 1.99. The summed E-state index contributed by atoms with van der Waals surface area (Å²) >= 11 is 0. The molecule has 3 nitrogen and oxygen atoms in total. The molecule has 0 aromatic carbocycles. The Hall–Kier alpha value is -1.82. The van der Waals surface area contributed by atoms with Gasteiger partial charge in [-0.1, -0.05) is 12.7 Å². The second-order valence-corrected chi connectivity index (χ2v) is 2.77. The van der Waals surface area contributed by atoms with Crippen LogP contribution in [-0.2, 0) is 7.05 Å². The molecular formula is C10H11N3. The van der Waals surface area contributed by atoms with E-state index < -0.39 is 0 Å². The molecule has 0 saturated carbocycles. The summed E-state index contributed by atoms with van der Waals surface area (Å²) in [5, 5.41) is 8.66. The van der Waals surface area contributed by atoms with Crippen molar-refractivity contribution in [3.05, 3.63) is 35.9 Å². The van der Waals surface area contributed by atoms with E-state index in [-0.39, 0.29) is 0 Å². The van der Waals surface area contributed by atoms with Gasteiger partial charge in [0.05, 0.1) is 17.3 Å². The molecule has 1 heterocycles. The lowest BCUT2D eigenvalue weighted by Crippen LogP contribution is -1.89. The summed E-state index contributed by atoms with van der Waals surface area (Å²) in [5.41, 5.74) is 1.46. The molecule has 13 heavy (non-hydrogen) atoms. The molecule has 0 amide bonds. The van der Waals surface area contributed by atoms with Crippen LogP contribution in [0.5, 0.6) is 0 Å². The summed E-state index contributed by atoms with van der Waals surface area (Å²) in [4.78, 5) is 4.23. The topological polar surface area (TPSA) is 41.6 Å². The Balaban J connectivity index is 3.10. The molecule has 0 saturated heterocycles. The molecule has 0 aliphatic heterocycles. The molecule has 3 heteroatoms. The molecule has 0 unspecified atom stereocenters. The van der Waals surface area contributed by atoms with Crippen LogP contribution in [0.2, 0.25) is 0 Å². The highest BCUT2D eigenvalue weighted by Crippen LogP contribution is 2.06. The third-order valence-corrected chi connectivity index (χ3v) is 1.67. The van der Waals surface area contributed by atoms with Gasteiger partial charge in [-0.25, -0.2) is 4.98 Å². The lowest BCUT2D eigenvalue weighted by Gasteiger charge is -1.93. The number of rotatable bonds is 2. The van der Waals surface area contributed by atoms with Gasteiger partial charge < -0.3 is 4.57 Å². The van der Waals surface area contributed by atoms with Crippen LogP contribution in [0.1, 0.15) is 11.5 Å². The second kappa shape index (κ2) is 3.72.